The second-order valence-electron chi connectivity index (χ2n) is 5.24. The van der Waals surface area contributed by atoms with Crippen LogP contribution in [0.3, 0.4) is 0 Å². The lowest BCUT2D eigenvalue weighted by Gasteiger charge is -2.16. The van der Waals surface area contributed by atoms with Crippen molar-refractivity contribution in [2.75, 3.05) is 6.54 Å². The molecule has 19 heavy (non-hydrogen) atoms. The van der Waals surface area contributed by atoms with Gasteiger partial charge in [-0.3, -0.25) is 0 Å². The maximum absolute atomic E-state index is 5.97. The summed E-state index contributed by atoms with van der Waals surface area (Å²) in [6.07, 6.45) is 1.28. The van der Waals surface area contributed by atoms with Crippen LogP contribution < -0.4 is 10.1 Å². The van der Waals surface area contributed by atoms with Crippen molar-refractivity contribution in [2.24, 2.45) is 0 Å². The minimum atomic E-state index is 0.262. The first kappa shape index (κ1) is 12.7. The zero-order valence-corrected chi connectivity index (χ0v) is 12.2. The van der Waals surface area contributed by atoms with Gasteiger partial charge in [0.05, 0.1) is 0 Å². The van der Waals surface area contributed by atoms with Crippen LogP contribution in [0.25, 0.3) is 0 Å². The molecule has 3 rings (SSSR count). The van der Waals surface area contributed by atoms with E-state index >= 15 is 0 Å². The molecule has 0 aliphatic carbocycles. The lowest BCUT2D eigenvalue weighted by molar-refractivity contribution is 0.223. The minimum absolute atomic E-state index is 0.262. The van der Waals surface area contributed by atoms with Crippen molar-refractivity contribution in [3.8, 4) is 5.75 Å². The van der Waals surface area contributed by atoms with Crippen LogP contribution in [-0.4, -0.2) is 12.6 Å². The summed E-state index contributed by atoms with van der Waals surface area (Å²) in [5.74, 6) is 1.06. The molecule has 0 radical (unpaired) electrons. The van der Waals surface area contributed by atoms with Gasteiger partial charge in [-0.2, -0.15) is 11.3 Å². The molecule has 0 spiro atoms. The average Bonchev–Trinajstić information content (AvgIpc) is 3.04. The highest BCUT2D eigenvalue weighted by molar-refractivity contribution is 7.07. The van der Waals surface area contributed by atoms with Crippen molar-refractivity contribution in [1.29, 1.82) is 0 Å². The Morgan fingerprint density at radius 3 is 3.11 bits per heavy atom. The fourth-order valence-electron chi connectivity index (χ4n) is 2.51. The number of ether oxygens (including phenoxy) is 1. The quantitative estimate of drug-likeness (QED) is 0.917. The van der Waals surface area contributed by atoms with Gasteiger partial charge in [-0.1, -0.05) is 17.7 Å². The van der Waals surface area contributed by atoms with Gasteiger partial charge in [0.25, 0.3) is 0 Å². The molecule has 100 valence electrons. The average molecular weight is 273 g/mol. The first-order valence-electron chi connectivity index (χ1n) is 6.74. The topological polar surface area (TPSA) is 21.3 Å². The maximum Gasteiger partial charge on any atom is 0.123 e. The minimum Gasteiger partial charge on any atom is -0.488 e. The first-order chi connectivity index (χ1) is 9.22. The van der Waals surface area contributed by atoms with Gasteiger partial charge in [-0.15, -0.1) is 0 Å². The molecular weight excluding hydrogens is 254 g/mol. The second-order valence-corrected chi connectivity index (χ2v) is 6.02. The molecule has 0 fully saturated rings. The second kappa shape index (κ2) is 5.35. The van der Waals surface area contributed by atoms with Gasteiger partial charge in [0.15, 0.2) is 0 Å². The zero-order valence-electron chi connectivity index (χ0n) is 11.3. The highest BCUT2D eigenvalue weighted by atomic mass is 32.1. The molecule has 1 aromatic heterocycles. The van der Waals surface area contributed by atoms with Crippen molar-refractivity contribution in [1.82, 2.24) is 5.32 Å². The predicted octanol–water partition coefficient (Wildman–Crippen LogP) is 3.71. The number of rotatable bonds is 4. The van der Waals surface area contributed by atoms with Gasteiger partial charge >= 0.3 is 0 Å². The van der Waals surface area contributed by atoms with Gasteiger partial charge in [0.1, 0.15) is 11.9 Å². The summed E-state index contributed by atoms with van der Waals surface area (Å²) in [6.45, 7) is 5.23. The van der Waals surface area contributed by atoms with Crippen LogP contribution in [0.4, 0.5) is 0 Å². The fourth-order valence-corrected chi connectivity index (χ4v) is 3.26. The molecule has 1 N–H and O–H groups in total. The van der Waals surface area contributed by atoms with Gasteiger partial charge in [0, 0.05) is 19.0 Å². The van der Waals surface area contributed by atoms with Crippen LogP contribution >= 0.6 is 11.3 Å². The SMILES string of the molecule is Cc1ccc2c(c1)CC(CNC(C)c1ccsc1)O2. The Balaban J connectivity index is 1.56. The lowest BCUT2D eigenvalue weighted by atomic mass is 10.1. The number of benzene rings is 1. The standard InChI is InChI=1S/C16H19NOS/c1-11-3-4-16-14(7-11)8-15(18-16)9-17-12(2)13-5-6-19-10-13/h3-7,10,12,15,17H,8-9H2,1-2H3. The van der Waals surface area contributed by atoms with Crippen molar-refractivity contribution in [3.63, 3.8) is 0 Å². The molecule has 1 aromatic carbocycles. The van der Waals surface area contributed by atoms with E-state index in [4.69, 9.17) is 4.74 Å². The van der Waals surface area contributed by atoms with Crippen molar-refractivity contribution >= 4 is 11.3 Å². The third-order valence-electron chi connectivity index (χ3n) is 3.65. The lowest BCUT2D eigenvalue weighted by Crippen LogP contribution is -2.31. The summed E-state index contributed by atoms with van der Waals surface area (Å²) in [5.41, 5.74) is 4.01. The van der Waals surface area contributed by atoms with E-state index in [-0.39, 0.29) is 6.10 Å². The summed E-state index contributed by atoms with van der Waals surface area (Å²) in [7, 11) is 0. The number of nitrogens with one attached hydrogen (secondary N) is 1. The number of fused-ring (bicyclic) bond motifs is 1. The van der Waals surface area contributed by atoms with Gasteiger partial charge < -0.3 is 10.1 Å². The van der Waals surface area contributed by atoms with E-state index in [0.717, 1.165) is 18.7 Å². The summed E-state index contributed by atoms with van der Waals surface area (Å²) < 4.78 is 5.97. The summed E-state index contributed by atoms with van der Waals surface area (Å²) in [6, 6.07) is 9.00. The van der Waals surface area contributed by atoms with Crippen LogP contribution in [0, 0.1) is 6.92 Å². The van der Waals surface area contributed by atoms with E-state index in [1.54, 1.807) is 11.3 Å². The van der Waals surface area contributed by atoms with E-state index < -0.39 is 0 Å². The highest BCUT2D eigenvalue weighted by Gasteiger charge is 2.23. The summed E-state index contributed by atoms with van der Waals surface area (Å²) in [4.78, 5) is 0. The van der Waals surface area contributed by atoms with E-state index in [0.29, 0.717) is 6.04 Å². The molecule has 0 bridgehead atoms. The number of thiophene rings is 1. The van der Waals surface area contributed by atoms with Crippen LogP contribution in [0.1, 0.15) is 29.7 Å². The molecule has 0 amide bonds. The maximum atomic E-state index is 5.97. The summed E-state index contributed by atoms with van der Waals surface area (Å²) >= 11 is 1.75. The molecule has 1 aliphatic rings. The molecule has 2 heterocycles. The Labute approximate surface area is 118 Å². The van der Waals surface area contributed by atoms with Gasteiger partial charge in [-0.25, -0.2) is 0 Å². The Hall–Kier alpha value is -1.32. The summed E-state index contributed by atoms with van der Waals surface area (Å²) in [5, 5.41) is 7.88. The molecule has 2 aromatic rings. The Morgan fingerprint density at radius 2 is 2.32 bits per heavy atom. The molecule has 2 unspecified atom stereocenters. The van der Waals surface area contributed by atoms with Crippen LogP contribution in [-0.2, 0) is 6.42 Å². The number of hydrogen-bond donors (Lipinski definition) is 1. The van der Waals surface area contributed by atoms with E-state index in [1.807, 2.05) is 0 Å². The van der Waals surface area contributed by atoms with Crippen LogP contribution in [0.5, 0.6) is 5.75 Å². The Morgan fingerprint density at radius 1 is 1.42 bits per heavy atom. The molecule has 2 atom stereocenters. The van der Waals surface area contributed by atoms with Crippen LogP contribution in [0.15, 0.2) is 35.0 Å². The third-order valence-corrected chi connectivity index (χ3v) is 4.35. The van der Waals surface area contributed by atoms with Crippen molar-refractivity contribution in [2.45, 2.75) is 32.4 Å². The van der Waals surface area contributed by atoms with Crippen molar-refractivity contribution < 1.29 is 4.74 Å². The molecule has 3 heteroatoms. The predicted molar refractivity (Wildman–Crippen MR) is 80.0 cm³/mol. The van der Waals surface area contributed by atoms with Gasteiger partial charge in [-0.05, 0) is 47.9 Å². The van der Waals surface area contributed by atoms with Crippen LogP contribution in [0.2, 0.25) is 0 Å². The van der Waals surface area contributed by atoms with E-state index in [9.17, 15) is 0 Å². The Kier molecular flexibility index (Phi) is 3.58. The molecule has 1 aliphatic heterocycles. The van der Waals surface area contributed by atoms with Gasteiger partial charge in [0.2, 0.25) is 0 Å². The Bertz CT molecular complexity index is 550. The molecule has 2 nitrogen and oxygen atoms in total. The smallest absolute Gasteiger partial charge is 0.123 e. The largest absolute Gasteiger partial charge is 0.488 e. The highest BCUT2D eigenvalue weighted by Crippen LogP contribution is 2.29. The third kappa shape index (κ3) is 2.82. The van der Waals surface area contributed by atoms with E-state index in [2.05, 4.69) is 54.2 Å². The zero-order chi connectivity index (χ0) is 13.2. The molecule has 0 saturated carbocycles. The molecular formula is C16H19NOS. The molecule has 0 saturated heterocycles. The number of hydrogen-bond acceptors (Lipinski definition) is 3. The monoisotopic (exact) mass is 273 g/mol. The first-order valence-corrected chi connectivity index (χ1v) is 7.68. The van der Waals surface area contributed by atoms with E-state index in [1.165, 1.54) is 16.7 Å². The number of aryl methyl sites for hydroxylation is 1. The normalized spacial score (nSPS) is 18.9. The van der Waals surface area contributed by atoms with Crippen molar-refractivity contribution in [3.05, 3.63) is 51.7 Å². The fraction of sp³-hybridized carbons (Fsp3) is 0.375.